The van der Waals surface area contributed by atoms with Crippen LogP contribution in [0.15, 0.2) is 23.8 Å². The Labute approximate surface area is 123 Å². The van der Waals surface area contributed by atoms with Crippen LogP contribution >= 0.6 is 0 Å². The molecule has 4 rings (SSSR count). The fourth-order valence-electron chi connectivity index (χ4n) is 3.03. The summed E-state index contributed by atoms with van der Waals surface area (Å²) in [5, 5.41) is 2.09. The maximum atomic E-state index is 8.63. The first-order valence-corrected chi connectivity index (χ1v) is 7.59. The van der Waals surface area contributed by atoms with E-state index in [0.29, 0.717) is 12.1 Å². The summed E-state index contributed by atoms with van der Waals surface area (Å²) in [6.45, 7) is 2.70. The lowest BCUT2D eigenvalue weighted by Gasteiger charge is -2.37. The molecule has 0 amide bonds. The fraction of sp³-hybridized carbons (Fsp3) is 0.733. The molecule has 5 nitrogen and oxygen atoms in total. The molecule has 0 radical (unpaired) electrons. The molecule has 3 heterocycles. The van der Waals surface area contributed by atoms with E-state index in [-0.39, 0.29) is 0 Å². The maximum Gasteiger partial charge on any atom is 0.0980 e. The number of likely N-dealkylation sites (N-methyl/N-ethyl adjacent to an activating group) is 1. The Kier molecular flexibility index (Phi) is 2.53. The van der Waals surface area contributed by atoms with Crippen LogP contribution in [0.25, 0.3) is 0 Å². The fourth-order valence-corrected chi connectivity index (χ4v) is 3.03. The number of hydrazine groups is 1. The smallest absolute Gasteiger partial charge is 0.0980 e. The predicted octanol–water partition coefficient (Wildman–Crippen LogP) is 1.14. The minimum atomic E-state index is -0.536. The molecule has 5 heteroatoms. The number of nitrogens with zero attached hydrogens (tertiary/aromatic N) is 3. The summed E-state index contributed by atoms with van der Waals surface area (Å²) in [4.78, 5) is 3.85. The molecule has 2 unspecified atom stereocenters. The second-order valence-corrected chi connectivity index (χ2v) is 6.28. The molecule has 0 spiro atoms. The van der Waals surface area contributed by atoms with Gasteiger partial charge in [0, 0.05) is 45.0 Å². The van der Waals surface area contributed by atoms with Gasteiger partial charge in [0.05, 0.1) is 27.4 Å². The molecule has 2 atom stereocenters. The number of ether oxygens (including phenoxy) is 1. The summed E-state index contributed by atoms with van der Waals surface area (Å²) in [5.74, 6) is 1.18. The molecule has 0 aromatic rings. The van der Waals surface area contributed by atoms with Crippen LogP contribution in [-0.4, -0.2) is 54.8 Å². The number of hydrogen-bond donors (Lipinski definition) is 1. The van der Waals surface area contributed by atoms with Gasteiger partial charge in [-0.15, -0.1) is 0 Å². The molecule has 0 aromatic carbocycles. The van der Waals surface area contributed by atoms with E-state index in [2.05, 4.69) is 10.4 Å². The van der Waals surface area contributed by atoms with E-state index in [1.807, 2.05) is 23.0 Å². The summed E-state index contributed by atoms with van der Waals surface area (Å²) >= 11 is 0. The minimum Gasteiger partial charge on any atom is -0.381 e. The van der Waals surface area contributed by atoms with Crippen LogP contribution in [0.3, 0.4) is 0 Å². The van der Waals surface area contributed by atoms with Gasteiger partial charge in [-0.1, -0.05) is 0 Å². The molecule has 1 N–H and O–H groups in total. The number of hydrogen-bond acceptors (Lipinski definition) is 5. The third kappa shape index (κ3) is 2.35. The number of fused-ring (bicyclic) bond motifs is 1. The molecule has 20 heavy (non-hydrogen) atoms. The average molecular weight is 278 g/mol. The van der Waals surface area contributed by atoms with Crippen LogP contribution in [0, 0.1) is 11.8 Å². The lowest BCUT2D eigenvalue weighted by Crippen LogP contribution is -2.41. The first-order valence-electron chi connectivity index (χ1n) is 8.67. The van der Waals surface area contributed by atoms with Crippen molar-refractivity contribution in [2.75, 3.05) is 40.0 Å². The Morgan fingerprint density at radius 3 is 3.00 bits per heavy atom. The van der Waals surface area contributed by atoms with Gasteiger partial charge in [0.15, 0.2) is 0 Å². The van der Waals surface area contributed by atoms with Crippen LogP contribution in [0.4, 0.5) is 0 Å². The molecule has 1 saturated carbocycles. The Morgan fingerprint density at radius 2 is 2.25 bits per heavy atom. The zero-order chi connectivity index (χ0) is 15.3. The zero-order valence-corrected chi connectivity index (χ0v) is 12.0. The highest BCUT2D eigenvalue weighted by Crippen LogP contribution is 2.34. The number of nitrogens with one attached hydrogen (secondary N) is 1. The SMILES string of the molecule is [2H]C1=C2C(=CNN2CC2CC2)N(C)C([2H])N1CC1CCOC1. The van der Waals surface area contributed by atoms with Crippen LogP contribution in [0.5, 0.6) is 0 Å². The van der Waals surface area contributed by atoms with Crippen LogP contribution in [0.2, 0.25) is 0 Å². The van der Waals surface area contributed by atoms with Crippen molar-refractivity contribution in [1.29, 1.82) is 0 Å². The third-order valence-corrected chi connectivity index (χ3v) is 4.43. The van der Waals surface area contributed by atoms with Crippen molar-refractivity contribution >= 4 is 0 Å². The van der Waals surface area contributed by atoms with Crippen molar-refractivity contribution in [3.8, 4) is 0 Å². The summed E-state index contributed by atoms with van der Waals surface area (Å²) in [6, 6.07) is 0. The second-order valence-electron chi connectivity index (χ2n) is 6.28. The average Bonchev–Trinajstić information content (AvgIpc) is 3.00. The van der Waals surface area contributed by atoms with E-state index >= 15 is 0 Å². The first kappa shape index (κ1) is 10.4. The molecule has 0 aromatic heterocycles. The van der Waals surface area contributed by atoms with E-state index in [1.54, 1.807) is 0 Å². The second kappa shape index (κ2) is 4.88. The molecule has 3 aliphatic heterocycles. The summed E-state index contributed by atoms with van der Waals surface area (Å²) in [5.41, 5.74) is 5.17. The van der Waals surface area contributed by atoms with Crippen LogP contribution < -0.4 is 5.43 Å². The summed E-state index contributed by atoms with van der Waals surface area (Å²) in [7, 11) is 1.94. The highest BCUT2D eigenvalue weighted by molar-refractivity contribution is 5.33. The monoisotopic (exact) mass is 278 g/mol. The van der Waals surface area contributed by atoms with Gasteiger partial charge < -0.3 is 20.0 Å². The first-order chi connectivity index (χ1) is 10.6. The standard InChI is InChI=1S/C15H24N4O/c1-17-11-18(7-13-4-5-20-10-13)9-15-14(17)6-16-19(15)8-12-2-3-12/h6,9,12-13,16H,2-5,7-8,10-11H2,1H3/i9D,11D. The lowest BCUT2D eigenvalue weighted by atomic mass is 10.1. The molecular formula is C15H24N4O. The van der Waals surface area contributed by atoms with Crippen molar-refractivity contribution in [3.63, 3.8) is 0 Å². The van der Waals surface area contributed by atoms with Gasteiger partial charge in [-0.2, -0.15) is 0 Å². The van der Waals surface area contributed by atoms with E-state index in [4.69, 9.17) is 7.48 Å². The molecule has 1 aliphatic carbocycles. The van der Waals surface area contributed by atoms with Gasteiger partial charge >= 0.3 is 0 Å². The van der Waals surface area contributed by atoms with E-state index in [1.165, 1.54) is 12.8 Å². The van der Waals surface area contributed by atoms with Crippen molar-refractivity contribution in [2.45, 2.75) is 19.3 Å². The minimum absolute atomic E-state index is 0.430. The Hall–Kier alpha value is -1.36. The largest absolute Gasteiger partial charge is 0.381 e. The quantitative estimate of drug-likeness (QED) is 0.833. The van der Waals surface area contributed by atoms with Crippen molar-refractivity contribution in [3.05, 3.63) is 23.8 Å². The Morgan fingerprint density at radius 1 is 1.35 bits per heavy atom. The topological polar surface area (TPSA) is 31.0 Å². The summed E-state index contributed by atoms with van der Waals surface area (Å²) in [6.07, 6.45) is 6.01. The molecule has 2 fully saturated rings. The molecular weight excluding hydrogens is 252 g/mol. The van der Waals surface area contributed by atoms with Gasteiger partial charge in [0.25, 0.3) is 0 Å². The van der Waals surface area contributed by atoms with Crippen molar-refractivity contribution in [1.82, 2.24) is 20.2 Å². The van der Waals surface area contributed by atoms with Crippen molar-refractivity contribution in [2.24, 2.45) is 11.8 Å². The van der Waals surface area contributed by atoms with Gasteiger partial charge in [-0.25, -0.2) is 0 Å². The van der Waals surface area contributed by atoms with Gasteiger partial charge in [0.1, 0.15) is 0 Å². The van der Waals surface area contributed by atoms with Crippen LogP contribution in [-0.2, 0) is 4.74 Å². The van der Waals surface area contributed by atoms with E-state index in [9.17, 15) is 0 Å². The van der Waals surface area contributed by atoms with Crippen LogP contribution in [0.1, 0.15) is 22.0 Å². The molecule has 1 saturated heterocycles. The number of rotatable bonds is 4. The third-order valence-electron chi connectivity index (χ3n) is 4.43. The Bertz CT molecular complexity index is 514. The van der Waals surface area contributed by atoms with Gasteiger partial charge in [-0.05, 0) is 25.2 Å². The normalized spacial score (nSPS) is 34.9. The van der Waals surface area contributed by atoms with Gasteiger partial charge in [-0.3, -0.25) is 5.01 Å². The molecule has 0 bridgehead atoms. The molecule has 4 aliphatic rings. The van der Waals surface area contributed by atoms with E-state index < -0.39 is 6.64 Å². The highest BCUT2D eigenvalue weighted by atomic mass is 16.5. The van der Waals surface area contributed by atoms with Gasteiger partial charge in [0.2, 0.25) is 0 Å². The molecule has 110 valence electrons. The Balaban J connectivity index is 1.59. The zero-order valence-electron chi connectivity index (χ0n) is 14.0. The predicted molar refractivity (Wildman–Crippen MR) is 77.0 cm³/mol. The van der Waals surface area contributed by atoms with Crippen molar-refractivity contribution < 1.29 is 7.48 Å². The maximum absolute atomic E-state index is 8.63. The lowest BCUT2D eigenvalue weighted by molar-refractivity contribution is 0.156. The van der Waals surface area contributed by atoms with E-state index in [0.717, 1.165) is 50.0 Å². The highest BCUT2D eigenvalue weighted by Gasteiger charge is 2.33. The summed E-state index contributed by atoms with van der Waals surface area (Å²) < 4.78 is 22.6.